The molecule has 0 saturated heterocycles. The van der Waals surface area contributed by atoms with Gasteiger partial charge in [0.05, 0.1) is 0 Å². The van der Waals surface area contributed by atoms with Gasteiger partial charge in [-0.3, -0.25) is 4.79 Å². The Hall–Kier alpha value is -1.69. The number of benzene rings is 1. The van der Waals surface area contributed by atoms with Crippen molar-refractivity contribution in [2.45, 2.75) is 26.3 Å². The van der Waals surface area contributed by atoms with Crippen LogP contribution >= 0.6 is 0 Å². The number of carboxylic acid groups (broad SMARTS) is 1. The molecule has 0 unspecified atom stereocenters. The van der Waals surface area contributed by atoms with Crippen molar-refractivity contribution in [3.05, 3.63) is 29.3 Å². The smallest absolute Gasteiger partial charge is 0.303 e. The molecule has 4 nitrogen and oxygen atoms in total. The lowest BCUT2D eigenvalue weighted by atomic mass is 10.1. The summed E-state index contributed by atoms with van der Waals surface area (Å²) in [7, 11) is 0. The van der Waals surface area contributed by atoms with Crippen molar-refractivity contribution in [3.8, 4) is 0 Å². The Morgan fingerprint density at radius 2 is 2.00 bits per heavy atom. The molecule has 0 aromatic heterocycles. The SMILES string of the molecule is C[C@@H](CCC(=O)O)CNCc1cc(F)c(N)c(F)c1. The van der Waals surface area contributed by atoms with E-state index in [1.807, 2.05) is 6.92 Å². The van der Waals surface area contributed by atoms with Gasteiger partial charge < -0.3 is 16.2 Å². The number of hydrogen-bond acceptors (Lipinski definition) is 3. The number of rotatable bonds is 7. The normalized spacial score (nSPS) is 12.4. The highest BCUT2D eigenvalue weighted by Gasteiger charge is 2.08. The van der Waals surface area contributed by atoms with Crippen LogP contribution in [0.15, 0.2) is 12.1 Å². The molecular weight excluding hydrogens is 254 g/mol. The van der Waals surface area contributed by atoms with Gasteiger partial charge in [0.2, 0.25) is 0 Å². The van der Waals surface area contributed by atoms with Crippen molar-refractivity contribution in [1.29, 1.82) is 0 Å². The molecule has 0 heterocycles. The van der Waals surface area contributed by atoms with Gasteiger partial charge >= 0.3 is 5.97 Å². The maximum Gasteiger partial charge on any atom is 0.303 e. The quantitative estimate of drug-likeness (QED) is 0.665. The van der Waals surface area contributed by atoms with Gasteiger partial charge in [0.1, 0.15) is 17.3 Å². The molecule has 0 fully saturated rings. The van der Waals surface area contributed by atoms with E-state index in [1.54, 1.807) is 0 Å². The monoisotopic (exact) mass is 272 g/mol. The zero-order valence-corrected chi connectivity index (χ0v) is 10.7. The van der Waals surface area contributed by atoms with Crippen molar-refractivity contribution >= 4 is 11.7 Å². The summed E-state index contributed by atoms with van der Waals surface area (Å²) in [6.07, 6.45) is 0.681. The standard InChI is InChI=1S/C13H18F2N2O2/c1-8(2-3-12(18)19)6-17-7-9-4-10(14)13(16)11(15)5-9/h4-5,8,17H,2-3,6-7,16H2,1H3,(H,18,19)/t8-/m0/s1. The topological polar surface area (TPSA) is 75.3 Å². The highest BCUT2D eigenvalue weighted by molar-refractivity contribution is 5.66. The molecule has 0 radical (unpaired) electrons. The van der Waals surface area contributed by atoms with Crippen molar-refractivity contribution in [2.75, 3.05) is 12.3 Å². The van der Waals surface area contributed by atoms with Crippen molar-refractivity contribution in [2.24, 2.45) is 5.92 Å². The Bertz CT molecular complexity index is 429. The van der Waals surface area contributed by atoms with E-state index in [0.29, 0.717) is 25.1 Å². The number of carbonyl (C=O) groups is 1. The van der Waals surface area contributed by atoms with Gasteiger partial charge in [-0.1, -0.05) is 6.92 Å². The molecule has 1 rings (SSSR count). The summed E-state index contributed by atoms with van der Waals surface area (Å²) in [6.45, 7) is 2.81. The molecule has 0 saturated carbocycles. The van der Waals surface area contributed by atoms with Gasteiger partial charge in [-0.05, 0) is 36.6 Å². The molecule has 19 heavy (non-hydrogen) atoms. The summed E-state index contributed by atoms with van der Waals surface area (Å²) < 4.78 is 26.4. The van der Waals surface area contributed by atoms with Gasteiger partial charge in [0, 0.05) is 13.0 Å². The van der Waals surface area contributed by atoms with Gasteiger partial charge in [-0.25, -0.2) is 8.78 Å². The minimum absolute atomic E-state index is 0.119. The molecule has 4 N–H and O–H groups in total. The van der Waals surface area contributed by atoms with Crippen LogP contribution in [0.1, 0.15) is 25.3 Å². The van der Waals surface area contributed by atoms with E-state index in [2.05, 4.69) is 5.32 Å². The van der Waals surface area contributed by atoms with E-state index >= 15 is 0 Å². The van der Waals surface area contributed by atoms with Gasteiger partial charge in [0.15, 0.2) is 0 Å². The summed E-state index contributed by atoms with van der Waals surface area (Å²) in [5.41, 5.74) is 5.16. The fraction of sp³-hybridized carbons (Fsp3) is 0.462. The third-order valence-corrected chi connectivity index (χ3v) is 2.81. The maximum atomic E-state index is 13.2. The molecule has 0 aliphatic carbocycles. The Labute approximate surface area is 110 Å². The first-order valence-corrected chi connectivity index (χ1v) is 6.06. The lowest BCUT2D eigenvalue weighted by Gasteiger charge is -2.12. The lowest BCUT2D eigenvalue weighted by Crippen LogP contribution is -2.21. The molecule has 1 aromatic carbocycles. The number of nitrogen functional groups attached to an aromatic ring is 1. The number of nitrogens with one attached hydrogen (secondary N) is 1. The summed E-state index contributed by atoms with van der Waals surface area (Å²) >= 11 is 0. The van der Waals surface area contributed by atoms with E-state index in [0.717, 1.165) is 0 Å². The molecule has 0 aliphatic rings. The molecule has 0 bridgehead atoms. The first-order chi connectivity index (χ1) is 8.90. The van der Waals surface area contributed by atoms with Crippen molar-refractivity contribution in [1.82, 2.24) is 5.32 Å². The highest BCUT2D eigenvalue weighted by atomic mass is 19.1. The van der Waals surface area contributed by atoms with Crippen LogP contribution in [-0.4, -0.2) is 17.6 Å². The second-order valence-corrected chi connectivity index (χ2v) is 4.64. The average Bonchev–Trinajstić information content (AvgIpc) is 2.33. The fourth-order valence-corrected chi connectivity index (χ4v) is 1.67. The first kappa shape index (κ1) is 15.4. The van der Waals surface area contributed by atoms with Crippen molar-refractivity contribution in [3.63, 3.8) is 0 Å². The van der Waals surface area contributed by atoms with E-state index < -0.39 is 23.3 Å². The molecule has 106 valence electrons. The Morgan fingerprint density at radius 3 is 2.53 bits per heavy atom. The summed E-state index contributed by atoms with van der Waals surface area (Å²) in [6, 6.07) is 2.38. The van der Waals surface area contributed by atoms with Crippen molar-refractivity contribution < 1.29 is 18.7 Å². The predicted molar refractivity (Wildman–Crippen MR) is 68.5 cm³/mol. The number of hydrogen-bond donors (Lipinski definition) is 3. The van der Waals surface area contributed by atoms with E-state index in [-0.39, 0.29) is 12.3 Å². The van der Waals surface area contributed by atoms with Gasteiger partial charge in [-0.15, -0.1) is 0 Å². The molecule has 1 atom stereocenters. The lowest BCUT2D eigenvalue weighted by molar-refractivity contribution is -0.137. The summed E-state index contributed by atoms with van der Waals surface area (Å²) in [5, 5.41) is 11.6. The molecule has 6 heteroatoms. The molecule has 0 spiro atoms. The number of aliphatic carboxylic acids is 1. The van der Waals surface area contributed by atoms with Crippen LogP contribution in [0, 0.1) is 17.6 Å². The van der Waals surface area contributed by atoms with E-state index in [1.165, 1.54) is 12.1 Å². The average molecular weight is 272 g/mol. The first-order valence-electron chi connectivity index (χ1n) is 6.06. The number of halogens is 2. The van der Waals surface area contributed by atoms with Crippen LogP contribution in [0.25, 0.3) is 0 Å². The third-order valence-electron chi connectivity index (χ3n) is 2.81. The zero-order chi connectivity index (χ0) is 14.4. The minimum atomic E-state index is -0.825. The van der Waals surface area contributed by atoms with Crippen LogP contribution in [0.5, 0.6) is 0 Å². The van der Waals surface area contributed by atoms with E-state index in [9.17, 15) is 13.6 Å². The van der Waals surface area contributed by atoms with Crippen LogP contribution in [0.2, 0.25) is 0 Å². The second kappa shape index (κ2) is 7.04. The number of carboxylic acids is 1. The second-order valence-electron chi connectivity index (χ2n) is 4.64. The Morgan fingerprint density at radius 1 is 1.42 bits per heavy atom. The predicted octanol–water partition coefficient (Wildman–Crippen LogP) is 2.14. The molecule has 1 aromatic rings. The van der Waals surface area contributed by atoms with Crippen LogP contribution in [0.4, 0.5) is 14.5 Å². The maximum absolute atomic E-state index is 13.2. The zero-order valence-electron chi connectivity index (χ0n) is 10.7. The molecule has 0 aliphatic heterocycles. The summed E-state index contributed by atoms with van der Waals surface area (Å²) in [4.78, 5) is 10.4. The van der Waals surface area contributed by atoms with Crippen LogP contribution in [0.3, 0.4) is 0 Å². The van der Waals surface area contributed by atoms with E-state index in [4.69, 9.17) is 10.8 Å². The Kier molecular flexibility index (Phi) is 5.69. The molecule has 0 amide bonds. The van der Waals surface area contributed by atoms with Crippen LogP contribution in [-0.2, 0) is 11.3 Å². The highest BCUT2D eigenvalue weighted by Crippen LogP contribution is 2.17. The summed E-state index contributed by atoms with van der Waals surface area (Å²) in [5.74, 6) is -2.18. The van der Waals surface area contributed by atoms with Gasteiger partial charge in [0.25, 0.3) is 0 Å². The minimum Gasteiger partial charge on any atom is -0.481 e. The number of anilines is 1. The van der Waals surface area contributed by atoms with Gasteiger partial charge in [-0.2, -0.15) is 0 Å². The third kappa shape index (κ3) is 5.21. The Balaban J connectivity index is 2.39. The largest absolute Gasteiger partial charge is 0.481 e. The molecular formula is C13H18F2N2O2. The fourth-order valence-electron chi connectivity index (χ4n) is 1.67. The van der Waals surface area contributed by atoms with Crippen LogP contribution < -0.4 is 11.1 Å². The number of nitrogens with two attached hydrogens (primary N) is 1.